The average Bonchev–Trinajstić information content (AvgIpc) is 3.47. The zero-order valence-corrected chi connectivity index (χ0v) is 19.0. The molecule has 0 unspecified atom stereocenters. The molecule has 1 aliphatic carbocycles. The minimum atomic E-state index is -0.209. The van der Waals surface area contributed by atoms with E-state index >= 15 is 0 Å². The first-order valence-corrected chi connectivity index (χ1v) is 12.0. The number of nitrogens with one attached hydrogen (secondary N) is 2. The molecular weight excluding hydrogens is 444 g/mol. The molecule has 0 spiro atoms. The molecule has 34 heavy (non-hydrogen) atoms. The molecule has 4 N–H and O–H groups in total. The van der Waals surface area contributed by atoms with Crippen molar-refractivity contribution in [1.82, 2.24) is 14.4 Å². The van der Waals surface area contributed by atoms with Crippen LogP contribution in [0.2, 0.25) is 0 Å². The van der Waals surface area contributed by atoms with Gasteiger partial charge in [-0.05, 0) is 66.8 Å². The molecule has 0 bridgehead atoms. The lowest BCUT2D eigenvalue weighted by atomic mass is 10.2. The Morgan fingerprint density at radius 1 is 1.06 bits per heavy atom. The van der Waals surface area contributed by atoms with Crippen molar-refractivity contribution in [2.45, 2.75) is 18.8 Å². The highest BCUT2D eigenvalue weighted by Gasteiger charge is 2.24. The SMILES string of the molecule is Nc1ccccc1NC(=O)c1ccc(Nc2nc(-c3cnc4ccc(C5CC5)cn34)cs2)cc1. The van der Waals surface area contributed by atoms with E-state index in [9.17, 15) is 4.79 Å². The van der Waals surface area contributed by atoms with Crippen LogP contribution in [-0.4, -0.2) is 20.3 Å². The third kappa shape index (κ3) is 3.99. The molecule has 3 heterocycles. The van der Waals surface area contributed by atoms with E-state index in [2.05, 4.69) is 38.3 Å². The molecule has 1 aliphatic rings. The van der Waals surface area contributed by atoms with E-state index < -0.39 is 0 Å². The fourth-order valence-corrected chi connectivity index (χ4v) is 4.65. The lowest BCUT2D eigenvalue weighted by Gasteiger charge is -2.08. The van der Waals surface area contributed by atoms with Crippen LogP contribution in [0, 0.1) is 0 Å². The Hall–Kier alpha value is -4.17. The van der Waals surface area contributed by atoms with Gasteiger partial charge in [0.05, 0.1) is 23.3 Å². The van der Waals surface area contributed by atoms with Crippen molar-refractivity contribution < 1.29 is 4.79 Å². The Morgan fingerprint density at radius 3 is 2.68 bits per heavy atom. The molecule has 8 heteroatoms. The van der Waals surface area contributed by atoms with E-state index in [1.165, 1.54) is 29.7 Å². The molecule has 1 saturated carbocycles. The number of imidazole rings is 1. The molecule has 5 aromatic rings. The molecule has 1 fully saturated rings. The Kier molecular flexibility index (Phi) is 5.00. The first kappa shape index (κ1) is 20.4. The largest absolute Gasteiger partial charge is 0.397 e. The molecule has 1 amide bonds. The highest BCUT2D eigenvalue weighted by molar-refractivity contribution is 7.14. The van der Waals surface area contributed by atoms with Gasteiger partial charge in [0.25, 0.3) is 5.91 Å². The molecule has 0 radical (unpaired) electrons. The number of carbonyl (C=O) groups excluding carboxylic acids is 1. The molecule has 0 aliphatic heterocycles. The van der Waals surface area contributed by atoms with Crippen LogP contribution in [0.15, 0.2) is 78.4 Å². The number of amides is 1. The fourth-order valence-electron chi connectivity index (χ4n) is 3.93. The Balaban J connectivity index is 1.17. The van der Waals surface area contributed by atoms with Gasteiger partial charge in [-0.1, -0.05) is 18.2 Å². The zero-order chi connectivity index (χ0) is 23.1. The number of anilines is 4. The number of nitrogen functional groups attached to an aromatic ring is 1. The number of fused-ring (bicyclic) bond motifs is 1. The second kappa shape index (κ2) is 8.31. The van der Waals surface area contributed by atoms with Gasteiger partial charge in [0, 0.05) is 22.8 Å². The van der Waals surface area contributed by atoms with E-state index in [0.29, 0.717) is 22.9 Å². The van der Waals surface area contributed by atoms with Gasteiger partial charge in [0.1, 0.15) is 11.3 Å². The number of thiazole rings is 1. The first-order valence-electron chi connectivity index (χ1n) is 11.1. The van der Waals surface area contributed by atoms with Gasteiger partial charge in [-0.3, -0.25) is 9.20 Å². The van der Waals surface area contributed by atoms with Gasteiger partial charge in [0.2, 0.25) is 0 Å². The summed E-state index contributed by atoms with van der Waals surface area (Å²) in [6, 6.07) is 18.7. The lowest BCUT2D eigenvalue weighted by Crippen LogP contribution is -2.13. The standard InChI is InChI=1S/C26H22N6OS/c27-20-3-1-2-4-21(20)30-25(33)17-7-10-19(11-8-17)29-26-31-22(15-34-26)23-13-28-24-12-9-18(14-32(23)24)16-5-6-16/h1-4,7-16H,5-6,27H2,(H,29,31)(H,30,33). The number of pyridine rings is 1. The number of rotatable bonds is 6. The molecule has 7 nitrogen and oxygen atoms in total. The van der Waals surface area contributed by atoms with Crippen LogP contribution >= 0.6 is 11.3 Å². The maximum atomic E-state index is 12.5. The summed E-state index contributed by atoms with van der Waals surface area (Å²) in [6.07, 6.45) is 6.59. The number of nitrogens with two attached hydrogens (primary N) is 1. The molecule has 0 saturated heterocycles. The maximum absolute atomic E-state index is 12.5. The number of aromatic nitrogens is 3. The van der Waals surface area contributed by atoms with Crippen molar-refractivity contribution in [3.8, 4) is 11.4 Å². The highest BCUT2D eigenvalue weighted by Crippen LogP contribution is 2.40. The van der Waals surface area contributed by atoms with E-state index in [1.807, 2.05) is 35.8 Å². The maximum Gasteiger partial charge on any atom is 0.255 e. The van der Waals surface area contributed by atoms with Gasteiger partial charge in [0.15, 0.2) is 5.13 Å². The normalized spacial score (nSPS) is 13.2. The number of nitrogens with zero attached hydrogens (tertiary/aromatic N) is 3. The summed E-state index contributed by atoms with van der Waals surface area (Å²) in [4.78, 5) is 21.8. The van der Waals surface area contributed by atoms with Crippen LogP contribution in [-0.2, 0) is 0 Å². The number of hydrogen-bond donors (Lipinski definition) is 3. The van der Waals surface area contributed by atoms with E-state index in [-0.39, 0.29) is 5.91 Å². The number of para-hydroxylation sites is 2. The monoisotopic (exact) mass is 466 g/mol. The van der Waals surface area contributed by atoms with E-state index in [0.717, 1.165) is 27.9 Å². The van der Waals surface area contributed by atoms with Gasteiger partial charge < -0.3 is 16.4 Å². The number of carbonyl (C=O) groups is 1. The van der Waals surface area contributed by atoms with Crippen molar-refractivity contribution in [3.63, 3.8) is 0 Å². The van der Waals surface area contributed by atoms with Gasteiger partial charge >= 0.3 is 0 Å². The van der Waals surface area contributed by atoms with Crippen LogP contribution < -0.4 is 16.4 Å². The molecule has 6 rings (SSSR count). The Labute approximate surface area is 200 Å². The second-order valence-corrected chi connectivity index (χ2v) is 9.25. The minimum Gasteiger partial charge on any atom is -0.397 e. The first-order chi connectivity index (χ1) is 16.6. The van der Waals surface area contributed by atoms with Gasteiger partial charge in [-0.25, -0.2) is 9.97 Å². The summed E-state index contributed by atoms with van der Waals surface area (Å²) in [5, 5.41) is 8.97. The number of hydrogen-bond acceptors (Lipinski definition) is 6. The Morgan fingerprint density at radius 2 is 1.88 bits per heavy atom. The van der Waals surface area contributed by atoms with Crippen molar-refractivity contribution in [3.05, 3.63) is 89.6 Å². The summed E-state index contributed by atoms with van der Waals surface area (Å²) in [5.74, 6) is 0.474. The molecular formula is C26H22N6OS. The van der Waals surface area contributed by atoms with Gasteiger partial charge in [-0.2, -0.15) is 0 Å². The second-order valence-electron chi connectivity index (χ2n) is 8.39. The minimum absolute atomic E-state index is 0.209. The van der Waals surface area contributed by atoms with E-state index in [1.54, 1.807) is 24.3 Å². The van der Waals surface area contributed by atoms with Gasteiger partial charge in [-0.15, -0.1) is 11.3 Å². The van der Waals surface area contributed by atoms with Crippen LogP contribution in [0.3, 0.4) is 0 Å². The predicted molar refractivity (Wildman–Crippen MR) is 137 cm³/mol. The fraction of sp³-hybridized carbons (Fsp3) is 0.115. The van der Waals surface area contributed by atoms with Crippen LogP contribution in [0.25, 0.3) is 17.0 Å². The summed E-state index contributed by atoms with van der Waals surface area (Å²) in [5.41, 5.74) is 12.6. The third-order valence-corrected chi connectivity index (χ3v) is 6.71. The molecule has 168 valence electrons. The van der Waals surface area contributed by atoms with Crippen molar-refractivity contribution >= 4 is 45.1 Å². The molecule has 3 aromatic heterocycles. The van der Waals surface area contributed by atoms with E-state index in [4.69, 9.17) is 10.7 Å². The lowest BCUT2D eigenvalue weighted by molar-refractivity contribution is 0.102. The topological polar surface area (TPSA) is 97.3 Å². The highest BCUT2D eigenvalue weighted by atomic mass is 32.1. The van der Waals surface area contributed by atoms with Crippen molar-refractivity contribution in [2.24, 2.45) is 0 Å². The van der Waals surface area contributed by atoms with Crippen molar-refractivity contribution in [1.29, 1.82) is 0 Å². The summed E-state index contributed by atoms with van der Waals surface area (Å²) in [6.45, 7) is 0. The summed E-state index contributed by atoms with van der Waals surface area (Å²) in [7, 11) is 0. The third-order valence-electron chi connectivity index (χ3n) is 5.95. The number of benzene rings is 2. The zero-order valence-electron chi connectivity index (χ0n) is 18.2. The summed E-state index contributed by atoms with van der Waals surface area (Å²) >= 11 is 1.53. The van der Waals surface area contributed by atoms with Crippen LogP contribution in [0.1, 0.15) is 34.7 Å². The molecule has 0 atom stereocenters. The predicted octanol–water partition coefficient (Wildman–Crippen LogP) is 5.91. The Bertz CT molecular complexity index is 1500. The summed E-state index contributed by atoms with van der Waals surface area (Å²) < 4.78 is 2.12. The van der Waals surface area contributed by atoms with Crippen LogP contribution in [0.4, 0.5) is 22.2 Å². The average molecular weight is 467 g/mol. The quantitative estimate of drug-likeness (QED) is 0.270. The smallest absolute Gasteiger partial charge is 0.255 e. The van der Waals surface area contributed by atoms with Crippen LogP contribution in [0.5, 0.6) is 0 Å². The molecule has 2 aromatic carbocycles. The van der Waals surface area contributed by atoms with Crippen molar-refractivity contribution in [2.75, 3.05) is 16.4 Å².